The van der Waals surface area contributed by atoms with Crippen molar-refractivity contribution in [3.8, 4) is 0 Å². The first-order valence-electron chi connectivity index (χ1n) is 20.0. The molecule has 0 saturated carbocycles. The number of aliphatic carboxylic acids is 2. The lowest BCUT2D eigenvalue weighted by molar-refractivity contribution is -0.141. The second kappa shape index (κ2) is 20.2. The van der Waals surface area contributed by atoms with Crippen molar-refractivity contribution in [2.24, 2.45) is 0 Å². The summed E-state index contributed by atoms with van der Waals surface area (Å²) in [5.41, 5.74) is -0.572. The Kier molecular flexibility index (Phi) is 19.6. The molecule has 0 heterocycles. The molecule has 11 nitrogen and oxygen atoms in total. The molecular formula is C38H80N2O9Si4. The molecule has 0 aromatic rings. The number of amides is 2. The van der Waals surface area contributed by atoms with Crippen LogP contribution in [0.3, 0.4) is 0 Å². The van der Waals surface area contributed by atoms with E-state index >= 15 is 0 Å². The lowest BCUT2D eigenvalue weighted by Crippen LogP contribution is -2.68. The zero-order valence-corrected chi connectivity index (χ0v) is 40.9. The molecule has 0 fully saturated rings. The summed E-state index contributed by atoms with van der Waals surface area (Å²) in [5, 5.41) is 20.0. The van der Waals surface area contributed by atoms with Gasteiger partial charge in [-0.25, -0.2) is 0 Å². The molecule has 0 aliphatic heterocycles. The quantitative estimate of drug-likeness (QED) is 0.0691. The molecule has 15 heteroatoms. The molecule has 2 amide bonds. The molecule has 3 atom stereocenters. The molecule has 0 rings (SSSR count). The summed E-state index contributed by atoms with van der Waals surface area (Å²) in [5.74, 6) is -2.80. The van der Waals surface area contributed by atoms with Crippen molar-refractivity contribution in [1.29, 1.82) is 0 Å². The van der Waals surface area contributed by atoms with E-state index in [0.29, 0.717) is 19.0 Å². The van der Waals surface area contributed by atoms with Crippen LogP contribution in [0.4, 0.5) is 0 Å². The third-order valence-corrected chi connectivity index (χ3v) is 27.0. The van der Waals surface area contributed by atoms with Gasteiger partial charge in [0.15, 0.2) is 16.6 Å². The highest BCUT2D eigenvalue weighted by molar-refractivity contribution is 6.82. The van der Waals surface area contributed by atoms with Gasteiger partial charge in [-0.15, -0.1) is 0 Å². The van der Waals surface area contributed by atoms with Gasteiger partial charge in [0, 0.05) is 42.7 Å². The maximum Gasteiger partial charge on any atom is 0.303 e. The lowest BCUT2D eigenvalue weighted by Gasteiger charge is -2.60. The fraction of sp³-hybridized carbons (Fsp3) is 0.895. The minimum atomic E-state index is -2.85. The Balaban J connectivity index is 6.89. The van der Waals surface area contributed by atoms with Crippen molar-refractivity contribution in [2.75, 3.05) is 19.6 Å². The summed E-state index contributed by atoms with van der Waals surface area (Å²) in [6.07, 6.45) is 3.31. The Labute approximate surface area is 327 Å². The molecule has 0 bridgehead atoms. The van der Waals surface area contributed by atoms with Crippen molar-refractivity contribution in [2.45, 2.75) is 199 Å². The molecule has 0 radical (unpaired) electrons. The van der Waals surface area contributed by atoms with E-state index in [4.69, 9.17) is 18.4 Å². The minimum Gasteiger partial charge on any atom is -0.481 e. The van der Waals surface area contributed by atoms with Crippen LogP contribution in [0.15, 0.2) is 0 Å². The highest BCUT2D eigenvalue weighted by atomic mass is 28.4. The Bertz CT molecular complexity index is 1220. The molecule has 0 aromatic heterocycles. The summed E-state index contributed by atoms with van der Waals surface area (Å²) in [6, 6.07) is 0.701. The standard InChI is InChI=1S/C38H80N2O9Si4/c1-18-36(7,50(9,10)11)49-52(15,16)38(20-3,21-4)35(5,6)47-53(17,37(8,19-2)48-51(12,13)14)30-22-28-40(32(42)24-26-34(45)46)29-27-39-31(41)23-25-33(43)44/h18-30H2,1-17H3,(H,39,41)(H,43,44)(H,45,46). The third kappa shape index (κ3) is 14.3. The highest BCUT2D eigenvalue weighted by Crippen LogP contribution is 2.58. The van der Waals surface area contributed by atoms with Gasteiger partial charge in [0.25, 0.3) is 0 Å². The maximum atomic E-state index is 13.3. The number of carbonyl (C=O) groups excluding carboxylic acids is 2. The molecule has 0 aliphatic carbocycles. The molecule has 0 saturated heterocycles. The monoisotopic (exact) mass is 820 g/mol. The first kappa shape index (κ1) is 51.6. The van der Waals surface area contributed by atoms with Gasteiger partial charge in [-0.1, -0.05) is 47.3 Å². The Hall–Kier alpha value is -1.37. The van der Waals surface area contributed by atoms with Crippen LogP contribution in [-0.4, -0.2) is 108 Å². The number of carbonyl (C=O) groups is 4. The molecule has 53 heavy (non-hydrogen) atoms. The average Bonchev–Trinajstić information content (AvgIpc) is 3.00. The highest BCUT2D eigenvalue weighted by Gasteiger charge is 2.62. The van der Waals surface area contributed by atoms with Crippen LogP contribution >= 0.6 is 0 Å². The van der Waals surface area contributed by atoms with Crippen LogP contribution in [0.2, 0.25) is 70.0 Å². The van der Waals surface area contributed by atoms with Crippen molar-refractivity contribution < 1.29 is 42.7 Å². The molecular weight excluding hydrogens is 741 g/mol. The molecule has 0 spiro atoms. The van der Waals surface area contributed by atoms with Gasteiger partial charge < -0.3 is 33.7 Å². The van der Waals surface area contributed by atoms with Crippen molar-refractivity contribution >= 4 is 56.8 Å². The van der Waals surface area contributed by atoms with Crippen molar-refractivity contribution in [1.82, 2.24) is 10.2 Å². The zero-order valence-electron chi connectivity index (χ0n) is 36.9. The SMILES string of the molecule is CCC(C)(O[Si](C)(C)C(CC)(CC)C(C)(C)O[Si](C)(CCCN(CCNC(=O)CCC(=O)O)C(=O)CCC(=O)O)C(C)(CC)O[Si](C)(C)C)[Si](C)(C)C. The fourth-order valence-corrected chi connectivity index (χ4v) is 23.2. The van der Waals surface area contributed by atoms with E-state index in [2.05, 4.69) is 120 Å². The van der Waals surface area contributed by atoms with Crippen molar-refractivity contribution in [3.05, 3.63) is 0 Å². The second-order valence-electron chi connectivity index (χ2n) is 18.5. The second-order valence-corrected chi connectivity index (χ2v) is 36.9. The normalized spacial score (nSPS) is 16.6. The Morgan fingerprint density at radius 1 is 0.642 bits per heavy atom. The summed E-state index contributed by atoms with van der Waals surface area (Å²) in [7, 11) is -9.11. The first-order valence-corrected chi connectivity index (χ1v) is 32.4. The van der Waals surface area contributed by atoms with E-state index in [1.807, 2.05) is 0 Å². The van der Waals surface area contributed by atoms with Crippen LogP contribution in [0.1, 0.15) is 113 Å². The predicted octanol–water partition coefficient (Wildman–Crippen LogP) is 8.81. The molecule has 0 aromatic carbocycles. The third-order valence-electron chi connectivity index (χ3n) is 12.3. The number of nitrogens with zero attached hydrogens (tertiary/aromatic N) is 1. The van der Waals surface area contributed by atoms with Crippen molar-refractivity contribution in [3.63, 3.8) is 0 Å². The van der Waals surface area contributed by atoms with Crippen LogP contribution in [-0.2, 0) is 32.5 Å². The van der Waals surface area contributed by atoms with E-state index in [1.54, 1.807) is 4.90 Å². The number of hydrogen-bond donors (Lipinski definition) is 3. The van der Waals surface area contributed by atoms with Gasteiger partial charge >= 0.3 is 11.9 Å². The van der Waals surface area contributed by atoms with Crippen LogP contribution in [0, 0.1) is 0 Å². The Morgan fingerprint density at radius 3 is 1.55 bits per heavy atom. The van der Waals surface area contributed by atoms with E-state index < -0.39 is 61.7 Å². The molecule has 0 aliphatic rings. The summed E-state index contributed by atoms with van der Waals surface area (Å²) in [4.78, 5) is 49.4. The molecule has 312 valence electrons. The largest absolute Gasteiger partial charge is 0.481 e. The first-order chi connectivity index (χ1) is 23.9. The fourth-order valence-electron chi connectivity index (χ4n) is 8.39. The van der Waals surface area contributed by atoms with E-state index in [9.17, 15) is 24.3 Å². The summed E-state index contributed by atoms with van der Waals surface area (Å²) in [6.45, 7) is 39.6. The average molecular weight is 821 g/mol. The number of carboxylic acid groups (broad SMARTS) is 2. The number of carboxylic acids is 2. The number of rotatable bonds is 27. The molecule has 3 unspecified atom stereocenters. The van der Waals surface area contributed by atoms with Gasteiger partial charge in [0.2, 0.25) is 20.1 Å². The van der Waals surface area contributed by atoms with Gasteiger partial charge in [0.05, 0.1) is 31.7 Å². The minimum absolute atomic E-state index is 0.143. The lowest BCUT2D eigenvalue weighted by atomic mass is 9.85. The number of hydrogen-bond acceptors (Lipinski definition) is 7. The van der Waals surface area contributed by atoms with Gasteiger partial charge in [-0.05, 0) is 105 Å². The van der Waals surface area contributed by atoms with E-state index in [-0.39, 0.29) is 54.9 Å². The topological polar surface area (TPSA) is 152 Å². The van der Waals surface area contributed by atoms with Gasteiger partial charge in [-0.2, -0.15) is 0 Å². The van der Waals surface area contributed by atoms with Gasteiger partial charge in [-0.3, -0.25) is 19.2 Å². The van der Waals surface area contributed by atoms with Crippen LogP contribution in [0.5, 0.6) is 0 Å². The molecule has 3 N–H and O–H groups in total. The van der Waals surface area contributed by atoms with Gasteiger partial charge in [0.1, 0.15) is 0 Å². The maximum absolute atomic E-state index is 13.3. The zero-order chi connectivity index (χ0) is 41.9. The van der Waals surface area contributed by atoms with Crippen LogP contribution in [0.25, 0.3) is 0 Å². The summed E-state index contributed by atoms with van der Waals surface area (Å²) >= 11 is 0. The number of nitrogens with one attached hydrogen (secondary N) is 1. The van der Waals surface area contributed by atoms with Crippen LogP contribution < -0.4 is 5.32 Å². The summed E-state index contributed by atoms with van der Waals surface area (Å²) < 4.78 is 22.4. The van der Waals surface area contributed by atoms with E-state index in [0.717, 1.165) is 25.7 Å². The predicted molar refractivity (Wildman–Crippen MR) is 227 cm³/mol. The smallest absolute Gasteiger partial charge is 0.303 e. The van der Waals surface area contributed by atoms with E-state index in [1.165, 1.54) is 0 Å². The Morgan fingerprint density at radius 2 is 1.13 bits per heavy atom.